The van der Waals surface area contributed by atoms with E-state index in [0.717, 1.165) is 10.9 Å². The van der Waals surface area contributed by atoms with Gasteiger partial charge < -0.3 is 10.3 Å². The molecular weight excluding hydrogens is 293 g/mol. The highest BCUT2D eigenvalue weighted by Gasteiger charge is 2.14. The van der Waals surface area contributed by atoms with E-state index in [-0.39, 0.29) is 11.7 Å². The van der Waals surface area contributed by atoms with Crippen molar-refractivity contribution in [1.82, 2.24) is 9.97 Å². The van der Waals surface area contributed by atoms with E-state index in [1.165, 1.54) is 12.1 Å². The number of nitrogens with one attached hydrogen (secondary N) is 2. The normalized spacial score (nSPS) is 11.0. The monoisotopic (exact) mass is 305 g/mol. The number of rotatable bonds is 2. The summed E-state index contributed by atoms with van der Waals surface area (Å²) in [5.74, 6) is -0.606. The van der Waals surface area contributed by atoms with Crippen LogP contribution >= 0.6 is 0 Å². The van der Waals surface area contributed by atoms with Crippen molar-refractivity contribution in [3.63, 3.8) is 0 Å². The van der Waals surface area contributed by atoms with Gasteiger partial charge in [-0.05, 0) is 30.3 Å². The number of aromatic amines is 1. The molecule has 2 aromatic heterocycles. The number of H-pyrrole nitrogens is 1. The van der Waals surface area contributed by atoms with Gasteiger partial charge >= 0.3 is 0 Å². The average molecular weight is 305 g/mol. The van der Waals surface area contributed by atoms with Gasteiger partial charge in [0.1, 0.15) is 5.82 Å². The first kappa shape index (κ1) is 13.5. The Labute approximate surface area is 131 Å². The van der Waals surface area contributed by atoms with Crippen molar-refractivity contribution in [2.45, 2.75) is 0 Å². The number of anilines is 1. The molecule has 0 unspecified atom stereocenters. The van der Waals surface area contributed by atoms with Crippen LogP contribution in [-0.4, -0.2) is 15.9 Å². The molecule has 0 saturated carbocycles. The highest BCUT2D eigenvalue weighted by atomic mass is 19.1. The Morgan fingerprint density at radius 1 is 1.13 bits per heavy atom. The lowest BCUT2D eigenvalue weighted by Crippen LogP contribution is -2.11. The second-order valence-electron chi connectivity index (χ2n) is 5.23. The van der Waals surface area contributed by atoms with E-state index in [2.05, 4.69) is 15.3 Å². The molecule has 23 heavy (non-hydrogen) atoms. The fourth-order valence-corrected chi connectivity index (χ4v) is 2.68. The van der Waals surface area contributed by atoms with Crippen molar-refractivity contribution in [2.75, 3.05) is 5.32 Å². The first-order valence-corrected chi connectivity index (χ1v) is 7.14. The summed E-state index contributed by atoms with van der Waals surface area (Å²) in [6.07, 6.45) is 3.27. The topological polar surface area (TPSA) is 57.8 Å². The van der Waals surface area contributed by atoms with Crippen LogP contribution in [0.3, 0.4) is 0 Å². The first-order valence-electron chi connectivity index (χ1n) is 7.14. The predicted molar refractivity (Wildman–Crippen MR) is 88.0 cm³/mol. The Balaban J connectivity index is 1.74. The van der Waals surface area contributed by atoms with Crippen molar-refractivity contribution in [3.8, 4) is 0 Å². The van der Waals surface area contributed by atoms with Crippen LogP contribution < -0.4 is 5.32 Å². The smallest absolute Gasteiger partial charge is 0.257 e. The van der Waals surface area contributed by atoms with Gasteiger partial charge in [-0.15, -0.1) is 0 Å². The molecule has 0 fully saturated rings. The molecule has 2 heterocycles. The molecule has 0 radical (unpaired) electrons. The molecule has 2 aromatic carbocycles. The van der Waals surface area contributed by atoms with E-state index in [1.54, 1.807) is 18.5 Å². The number of carbonyl (C=O) groups excluding carboxylic acids is 1. The first-order chi connectivity index (χ1) is 11.2. The van der Waals surface area contributed by atoms with E-state index in [0.29, 0.717) is 22.2 Å². The van der Waals surface area contributed by atoms with Crippen LogP contribution in [0, 0.1) is 5.82 Å². The third-order valence-electron chi connectivity index (χ3n) is 3.77. The van der Waals surface area contributed by atoms with Gasteiger partial charge in [-0.1, -0.05) is 18.2 Å². The summed E-state index contributed by atoms with van der Waals surface area (Å²) in [7, 11) is 0. The SMILES string of the molecule is O=C(Nc1cccc2cccnc12)c1c[nH]c2cc(F)ccc12. The molecule has 4 nitrogen and oxygen atoms in total. The molecule has 0 aliphatic carbocycles. The zero-order chi connectivity index (χ0) is 15.8. The Kier molecular flexibility index (Phi) is 3.05. The van der Waals surface area contributed by atoms with Crippen molar-refractivity contribution in [3.05, 3.63) is 72.3 Å². The lowest BCUT2D eigenvalue weighted by Gasteiger charge is -2.07. The molecule has 0 saturated heterocycles. The number of aromatic nitrogens is 2. The molecule has 0 aliphatic heterocycles. The molecule has 0 atom stereocenters. The van der Waals surface area contributed by atoms with Crippen LogP contribution in [0.25, 0.3) is 21.8 Å². The second-order valence-corrected chi connectivity index (χ2v) is 5.23. The van der Waals surface area contributed by atoms with Gasteiger partial charge in [-0.25, -0.2) is 4.39 Å². The average Bonchev–Trinajstić information content (AvgIpc) is 2.98. The lowest BCUT2D eigenvalue weighted by atomic mass is 10.1. The third-order valence-corrected chi connectivity index (χ3v) is 3.77. The van der Waals surface area contributed by atoms with Gasteiger partial charge in [0.05, 0.1) is 16.8 Å². The summed E-state index contributed by atoms with van der Waals surface area (Å²) in [5, 5.41) is 4.51. The van der Waals surface area contributed by atoms with E-state index in [4.69, 9.17) is 0 Å². The molecule has 0 bridgehead atoms. The Hall–Kier alpha value is -3.21. The maximum absolute atomic E-state index is 13.2. The molecule has 5 heteroatoms. The molecule has 2 N–H and O–H groups in total. The fraction of sp³-hybridized carbons (Fsp3) is 0. The summed E-state index contributed by atoms with van der Waals surface area (Å²) in [5.41, 5.74) is 2.43. The van der Waals surface area contributed by atoms with Gasteiger partial charge in [-0.3, -0.25) is 9.78 Å². The number of hydrogen-bond donors (Lipinski definition) is 2. The Morgan fingerprint density at radius 3 is 2.91 bits per heavy atom. The van der Waals surface area contributed by atoms with E-state index in [1.807, 2.05) is 30.3 Å². The quantitative estimate of drug-likeness (QED) is 0.585. The van der Waals surface area contributed by atoms with Crippen molar-refractivity contribution >= 4 is 33.4 Å². The fourth-order valence-electron chi connectivity index (χ4n) is 2.68. The van der Waals surface area contributed by atoms with Crippen LogP contribution in [0.4, 0.5) is 10.1 Å². The number of carbonyl (C=O) groups is 1. The number of para-hydroxylation sites is 1. The molecule has 112 valence electrons. The van der Waals surface area contributed by atoms with Gasteiger partial charge in [0, 0.05) is 28.7 Å². The largest absolute Gasteiger partial charge is 0.360 e. The maximum Gasteiger partial charge on any atom is 0.257 e. The minimum absolute atomic E-state index is 0.263. The lowest BCUT2D eigenvalue weighted by molar-refractivity contribution is 0.102. The standard InChI is InChI=1S/C18H12FN3O/c19-12-6-7-13-14(10-21-16(13)9-12)18(23)22-15-5-1-3-11-4-2-8-20-17(11)15/h1-10,21H,(H,22,23). The van der Waals surface area contributed by atoms with Crippen molar-refractivity contribution in [2.24, 2.45) is 0 Å². The summed E-state index contributed by atoms with van der Waals surface area (Å²) >= 11 is 0. The van der Waals surface area contributed by atoms with Gasteiger partial charge in [0.2, 0.25) is 0 Å². The predicted octanol–water partition coefficient (Wildman–Crippen LogP) is 4.11. The van der Waals surface area contributed by atoms with E-state index in [9.17, 15) is 9.18 Å². The van der Waals surface area contributed by atoms with Crippen LogP contribution in [0.2, 0.25) is 0 Å². The molecule has 1 amide bonds. The second kappa shape index (κ2) is 5.21. The molecular formula is C18H12FN3O. The van der Waals surface area contributed by atoms with Crippen molar-refractivity contribution in [1.29, 1.82) is 0 Å². The number of nitrogens with zero attached hydrogens (tertiary/aromatic N) is 1. The highest BCUT2D eigenvalue weighted by Crippen LogP contribution is 2.24. The zero-order valence-corrected chi connectivity index (χ0v) is 12.0. The van der Waals surface area contributed by atoms with Gasteiger partial charge in [-0.2, -0.15) is 0 Å². The van der Waals surface area contributed by atoms with Gasteiger partial charge in [0.15, 0.2) is 0 Å². The number of fused-ring (bicyclic) bond motifs is 2. The molecule has 4 rings (SSSR count). The molecule has 0 aliphatic rings. The van der Waals surface area contributed by atoms with Crippen molar-refractivity contribution < 1.29 is 9.18 Å². The number of amides is 1. The minimum atomic E-state index is -0.343. The Morgan fingerprint density at radius 2 is 2.00 bits per heavy atom. The summed E-state index contributed by atoms with van der Waals surface area (Å²) < 4.78 is 13.2. The summed E-state index contributed by atoms with van der Waals surface area (Å²) in [4.78, 5) is 19.8. The number of benzene rings is 2. The zero-order valence-electron chi connectivity index (χ0n) is 12.0. The highest BCUT2D eigenvalue weighted by molar-refractivity contribution is 6.14. The summed E-state index contributed by atoms with van der Waals surface area (Å²) in [6.45, 7) is 0. The summed E-state index contributed by atoms with van der Waals surface area (Å²) in [6, 6.07) is 13.7. The van der Waals surface area contributed by atoms with E-state index >= 15 is 0 Å². The van der Waals surface area contributed by atoms with Crippen LogP contribution in [0.1, 0.15) is 10.4 Å². The van der Waals surface area contributed by atoms with Crippen LogP contribution in [-0.2, 0) is 0 Å². The molecule has 0 spiro atoms. The van der Waals surface area contributed by atoms with Gasteiger partial charge in [0.25, 0.3) is 5.91 Å². The maximum atomic E-state index is 13.2. The van der Waals surface area contributed by atoms with E-state index < -0.39 is 0 Å². The van der Waals surface area contributed by atoms with Crippen LogP contribution in [0.15, 0.2) is 60.9 Å². The minimum Gasteiger partial charge on any atom is -0.360 e. The Bertz CT molecular complexity index is 1030. The number of hydrogen-bond acceptors (Lipinski definition) is 2. The van der Waals surface area contributed by atoms with Crippen LogP contribution in [0.5, 0.6) is 0 Å². The third kappa shape index (κ3) is 2.32. The number of pyridine rings is 1. The molecule has 4 aromatic rings. The number of halogens is 1.